The molecule has 84 valence electrons. The van der Waals surface area contributed by atoms with E-state index in [4.69, 9.17) is 5.11 Å². The molecule has 1 atom stereocenters. The summed E-state index contributed by atoms with van der Waals surface area (Å²) in [7, 11) is 4.04. The maximum atomic E-state index is 9.16. The number of aromatic nitrogens is 3. The predicted octanol–water partition coefficient (Wildman–Crippen LogP) is -0.106. The molecule has 2 heterocycles. The fourth-order valence-corrected chi connectivity index (χ4v) is 2.00. The van der Waals surface area contributed by atoms with Gasteiger partial charge in [0.2, 0.25) is 0 Å². The summed E-state index contributed by atoms with van der Waals surface area (Å²) in [5.41, 5.74) is 0. The van der Waals surface area contributed by atoms with Crippen LogP contribution in [0.4, 0.5) is 0 Å². The molecular weight excluding hydrogens is 192 g/mol. The molecule has 5 nitrogen and oxygen atoms in total. The van der Waals surface area contributed by atoms with Crippen LogP contribution in [-0.4, -0.2) is 45.5 Å². The third-order valence-corrected chi connectivity index (χ3v) is 2.84. The van der Waals surface area contributed by atoms with E-state index in [9.17, 15) is 0 Å². The second kappa shape index (κ2) is 4.28. The summed E-state index contributed by atoms with van der Waals surface area (Å²) in [4.78, 5) is 2.08. The average Bonchev–Trinajstić information content (AvgIpc) is 2.60. The smallest absolute Gasteiger partial charge is 0.147 e. The molecule has 1 unspecified atom stereocenters. The zero-order chi connectivity index (χ0) is 10.8. The molecule has 1 aliphatic rings. The molecule has 1 aromatic rings. The first kappa shape index (κ1) is 10.6. The molecule has 1 aromatic heterocycles. The monoisotopic (exact) mass is 210 g/mol. The first-order chi connectivity index (χ1) is 7.20. The van der Waals surface area contributed by atoms with Crippen molar-refractivity contribution in [1.29, 1.82) is 0 Å². The molecule has 0 saturated carbocycles. The van der Waals surface area contributed by atoms with Gasteiger partial charge in [-0.25, -0.2) is 0 Å². The van der Waals surface area contributed by atoms with Crippen LogP contribution in [0.15, 0.2) is 0 Å². The van der Waals surface area contributed by atoms with Crippen molar-refractivity contribution in [3.63, 3.8) is 0 Å². The van der Waals surface area contributed by atoms with E-state index in [1.807, 2.05) is 14.1 Å². The number of hydrogen-bond donors (Lipinski definition) is 1. The van der Waals surface area contributed by atoms with Gasteiger partial charge >= 0.3 is 0 Å². The second-order valence-corrected chi connectivity index (χ2v) is 4.47. The van der Waals surface area contributed by atoms with Crippen molar-refractivity contribution in [3.05, 3.63) is 11.6 Å². The van der Waals surface area contributed by atoms with Crippen LogP contribution < -0.4 is 0 Å². The van der Waals surface area contributed by atoms with E-state index in [2.05, 4.69) is 19.7 Å². The maximum Gasteiger partial charge on any atom is 0.147 e. The number of aliphatic hydroxyl groups excluding tert-OH is 1. The summed E-state index contributed by atoms with van der Waals surface area (Å²) < 4.78 is 2.16. The summed E-state index contributed by atoms with van der Waals surface area (Å²) in [6, 6.07) is 0. The SMILES string of the molecule is CN(C)Cc1nnc2n1CC(CO)CC2. The number of fused-ring (bicyclic) bond motifs is 1. The standard InChI is InChI=1S/C10H18N4O/c1-13(2)6-10-12-11-9-4-3-8(7-15)5-14(9)10/h8,15H,3-7H2,1-2H3. The van der Waals surface area contributed by atoms with E-state index in [0.717, 1.165) is 37.6 Å². The van der Waals surface area contributed by atoms with Gasteiger partial charge in [-0.2, -0.15) is 0 Å². The molecule has 0 amide bonds. The molecule has 15 heavy (non-hydrogen) atoms. The van der Waals surface area contributed by atoms with Crippen LogP contribution in [0.1, 0.15) is 18.1 Å². The lowest BCUT2D eigenvalue weighted by Crippen LogP contribution is -2.25. The quantitative estimate of drug-likeness (QED) is 0.756. The Labute approximate surface area is 89.7 Å². The lowest BCUT2D eigenvalue weighted by Gasteiger charge is -2.23. The number of aliphatic hydroxyl groups is 1. The maximum absolute atomic E-state index is 9.16. The Morgan fingerprint density at radius 2 is 2.27 bits per heavy atom. The highest BCUT2D eigenvalue weighted by Gasteiger charge is 2.22. The number of nitrogens with zero attached hydrogens (tertiary/aromatic N) is 4. The summed E-state index contributed by atoms with van der Waals surface area (Å²) in [5.74, 6) is 2.44. The molecule has 0 aliphatic carbocycles. The summed E-state index contributed by atoms with van der Waals surface area (Å²) >= 11 is 0. The van der Waals surface area contributed by atoms with Crippen molar-refractivity contribution < 1.29 is 5.11 Å². The fourth-order valence-electron chi connectivity index (χ4n) is 2.00. The van der Waals surface area contributed by atoms with Crippen LogP contribution >= 0.6 is 0 Å². The predicted molar refractivity (Wildman–Crippen MR) is 56.3 cm³/mol. The first-order valence-electron chi connectivity index (χ1n) is 5.37. The van der Waals surface area contributed by atoms with Gasteiger partial charge in [0.15, 0.2) is 0 Å². The Kier molecular flexibility index (Phi) is 3.02. The topological polar surface area (TPSA) is 54.2 Å². The van der Waals surface area contributed by atoms with Gasteiger partial charge < -0.3 is 14.6 Å². The van der Waals surface area contributed by atoms with Crippen LogP contribution in [0.25, 0.3) is 0 Å². The number of rotatable bonds is 3. The van der Waals surface area contributed by atoms with Crippen molar-refractivity contribution in [2.75, 3.05) is 20.7 Å². The van der Waals surface area contributed by atoms with Gasteiger partial charge in [0.1, 0.15) is 11.6 Å². The number of aryl methyl sites for hydroxylation is 1. The summed E-state index contributed by atoms with van der Waals surface area (Å²) in [6.45, 7) is 1.94. The number of hydrogen-bond acceptors (Lipinski definition) is 4. The highest BCUT2D eigenvalue weighted by molar-refractivity contribution is 4.99. The molecule has 1 aliphatic heterocycles. The Morgan fingerprint density at radius 3 is 2.93 bits per heavy atom. The lowest BCUT2D eigenvalue weighted by molar-refractivity contribution is 0.188. The van der Waals surface area contributed by atoms with Gasteiger partial charge in [-0.05, 0) is 20.5 Å². The van der Waals surface area contributed by atoms with Crippen molar-refractivity contribution >= 4 is 0 Å². The minimum absolute atomic E-state index is 0.263. The summed E-state index contributed by atoms with van der Waals surface area (Å²) in [6.07, 6.45) is 1.96. The Hall–Kier alpha value is -0.940. The minimum atomic E-state index is 0.263. The Balaban J connectivity index is 2.18. The minimum Gasteiger partial charge on any atom is -0.396 e. The van der Waals surface area contributed by atoms with Gasteiger partial charge in [-0.3, -0.25) is 0 Å². The Bertz CT molecular complexity index is 334. The van der Waals surface area contributed by atoms with Crippen molar-refractivity contribution in [1.82, 2.24) is 19.7 Å². The molecule has 0 fully saturated rings. The zero-order valence-electron chi connectivity index (χ0n) is 9.35. The molecule has 0 spiro atoms. The van der Waals surface area contributed by atoms with E-state index in [-0.39, 0.29) is 6.61 Å². The van der Waals surface area contributed by atoms with Gasteiger partial charge in [-0.1, -0.05) is 0 Å². The first-order valence-corrected chi connectivity index (χ1v) is 5.37. The van der Waals surface area contributed by atoms with E-state index in [1.165, 1.54) is 0 Å². The highest BCUT2D eigenvalue weighted by Crippen LogP contribution is 2.19. The van der Waals surface area contributed by atoms with E-state index < -0.39 is 0 Å². The van der Waals surface area contributed by atoms with Crippen LogP contribution in [0.5, 0.6) is 0 Å². The molecule has 0 aromatic carbocycles. The lowest BCUT2D eigenvalue weighted by atomic mass is 10.0. The molecule has 0 radical (unpaired) electrons. The molecule has 0 saturated heterocycles. The Morgan fingerprint density at radius 1 is 1.47 bits per heavy atom. The molecule has 5 heteroatoms. The summed E-state index contributed by atoms with van der Waals surface area (Å²) in [5, 5.41) is 17.5. The second-order valence-electron chi connectivity index (χ2n) is 4.47. The third-order valence-electron chi connectivity index (χ3n) is 2.84. The molecule has 2 rings (SSSR count). The van der Waals surface area contributed by atoms with Gasteiger partial charge in [0.25, 0.3) is 0 Å². The molecular formula is C10H18N4O. The highest BCUT2D eigenvalue weighted by atomic mass is 16.3. The van der Waals surface area contributed by atoms with Crippen molar-refractivity contribution in [3.8, 4) is 0 Å². The average molecular weight is 210 g/mol. The largest absolute Gasteiger partial charge is 0.396 e. The zero-order valence-corrected chi connectivity index (χ0v) is 9.35. The third kappa shape index (κ3) is 2.18. The van der Waals surface area contributed by atoms with E-state index in [0.29, 0.717) is 5.92 Å². The van der Waals surface area contributed by atoms with Gasteiger partial charge in [0, 0.05) is 25.5 Å². The van der Waals surface area contributed by atoms with E-state index in [1.54, 1.807) is 0 Å². The van der Waals surface area contributed by atoms with Crippen LogP contribution in [0.3, 0.4) is 0 Å². The van der Waals surface area contributed by atoms with Crippen molar-refractivity contribution in [2.45, 2.75) is 25.9 Å². The van der Waals surface area contributed by atoms with Crippen LogP contribution in [0.2, 0.25) is 0 Å². The molecule has 0 bridgehead atoms. The van der Waals surface area contributed by atoms with Crippen LogP contribution in [-0.2, 0) is 19.5 Å². The van der Waals surface area contributed by atoms with Crippen molar-refractivity contribution in [2.24, 2.45) is 5.92 Å². The molecule has 1 N–H and O–H groups in total. The van der Waals surface area contributed by atoms with Gasteiger partial charge in [-0.15, -0.1) is 10.2 Å². The van der Waals surface area contributed by atoms with Crippen LogP contribution in [0, 0.1) is 5.92 Å². The normalized spacial score (nSPS) is 20.7. The fraction of sp³-hybridized carbons (Fsp3) is 0.800. The van der Waals surface area contributed by atoms with E-state index >= 15 is 0 Å². The van der Waals surface area contributed by atoms with Gasteiger partial charge in [0.05, 0.1) is 6.54 Å².